The summed E-state index contributed by atoms with van der Waals surface area (Å²) in [7, 11) is 0. The summed E-state index contributed by atoms with van der Waals surface area (Å²) in [4.78, 5) is 13.9. The van der Waals surface area contributed by atoms with Crippen molar-refractivity contribution in [3.05, 3.63) is 41.8 Å². The summed E-state index contributed by atoms with van der Waals surface area (Å²) < 4.78 is 55.9. The topological polar surface area (TPSA) is 39.2 Å². The molecule has 0 fully saturated rings. The monoisotopic (exact) mass is 287 g/mol. The largest absolute Gasteiger partial charge is 0.467 e. The van der Waals surface area contributed by atoms with E-state index in [1.807, 2.05) is 0 Å². The van der Waals surface area contributed by atoms with E-state index in [0.29, 0.717) is 5.39 Å². The molecule has 0 aliphatic rings. The molecule has 20 heavy (non-hydrogen) atoms. The van der Waals surface area contributed by atoms with Crippen LogP contribution in [-0.2, 0) is 9.53 Å². The standard InChI is InChI=1S/C13H9F4NO2/c14-10-2-1-8-3-9(5-18-12(8)4-10)11(6-20-7-19)13(15,16)17/h1-5,7,11H,6H2. The van der Waals surface area contributed by atoms with E-state index in [1.54, 1.807) is 0 Å². The fourth-order valence-corrected chi connectivity index (χ4v) is 1.82. The first-order valence-electron chi connectivity index (χ1n) is 5.59. The van der Waals surface area contributed by atoms with E-state index in [9.17, 15) is 22.4 Å². The highest BCUT2D eigenvalue weighted by Crippen LogP contribution is 2.35. The van der Waals surface area contributed by atoms with Crippen LogP contribution in [0.1, 0.15) is 11.5 Å². The third-order valence-electron chi connectivity index (χ3n) is 2.80. The molecule has 1 aromatic carbocycles. The molecule has 0 aliphatic heterocycles. The highest BCUT2D eigenvalue weighted by Gasteiger charge is 2.41. The summed E-state index contributed by atoms with van der Waals surface area (Å²) in [6.07, 6.45) is -3.56. The van der Waals surface area contributed by atoms with Crippen LogP contribution in [-0.4, -0.2) is 24.2 Å². The van der Waals surface area contributed by atoms with Crippen molar-refractivity contribution in [3.8, 4) is 0 Å². The zero-order valence-electron chi connectivity index (χ0n) is 10.0. The van der Waals surface area contributed by atoms with Crippen molar-refractivity contribution in [2.45, 2.75) is 12.1 Å². The van der Waals surface area contributed by atoms with Crippen LogP contribution >= 0.6 is 0 Å². The van der Waals surface area contributed by atoms with E-state index in [4.69, 9.17) is 0 Å². The van der Waals surface area contributed by atoms with Crippen LogP contribution in [0.5, 0.6) is 0 Å². The van der Waals surface area contributed by atoms with Gasteiger partial charge in [-0.3, -0.25) is 9.78 Å². The number of rotatable bonds is 4. The van der Waals surface area contributed by atoms with Gasteiger partial charge in [0.15, 0.2) is 0 Å². The Bertz CT molecular complexity index is 627. The smallest absolute Gasteiger partial charge is 0.399 e. The molecule has 3 nitrogen and oxygen atoms in total. The van der Waals surface area contributed by atoms with E-state index in [2.05, 4.69) is 9.72 Å². The Hall–Kier alpha value is -2.18. The molecule has 1 atom stereocenters. The van der Waals surface area contributed by atoms with E-state index >= 15 is 0 Å². The minimum Gasteiger partial charge on any atom is -0.467 e. The van der Waals surface area contributed by atoms with E-state index < -0.39 is 24.5 Å². The van der Waals surface area contributed by atoms with Crippen molar-refractivity contribution in [3.63, 3.8) is 0 Å². The molecule has 1 unspecified atom stereocenters. The minimum atomic E-state index is -4.57. The molecule has 0 bridgehead atoms. The summed E-state index contributed by atoms with van der Waals surface area (Å²) in [6.45, 7) is -0.857. The van der Waals surface area contributed by atoms with Crippen molar-refractivity contribution < 1.29 is 27.1 Å². The number of ether oxygens (including phenoxy) is 1. The lowest BCUT2D eigenvalue weighted by Gasteiger charge is -2.19. The highest BCUT2D eigenvalue weighted by atomic mass is 19.4. The number of aromatic nitrogens is 1. The second-order valence-corrected chi connectivity index (χ2v) is 4.13. The minimum absolute atomic E-state index is 0.0391. The van der Waals surface area contributed by atoms with Crippen molar-refractivity contribution >= 4 is 17.4 Å². The predicted octanol–water partition coefficient (Wildman–Crippen LogP) is 3.19. The SMILES string of the molecule is O=COCC(c1cnc2cc(F)ccc2c1)C(F)(F)F. The molecule has 0 amide bonds. The third-order valence-corrected chi connectivity index (χ3v) is 2.80. The molecule has 0 saturated heterocycles. The van der Waals surface area contributed by atoms with Gasteiger partial charge in [-0.2, -0.15) is 13.2 Å². The van der Waals surface area contributed by atoms with Gasteiger partial charge in [0, 0.05) is 17.6 Å². The maximum Gasteiger partial charge on any atom is 0.399 e. The van der Waals surface area contributed by atoms with Crippen molar-refractivity contribution in [1.82, 2.24) is 4.98 Å². The third kappa shape index (κ3) is 3.04. The highest BCUT2D eigenvalue weighted by molar-refractivity contribution is 5.79. The van der Waals surface area contributed by atoms with Crippen molar-refractivity contribution in [2.75, 3.05) is 6.61 Å². The number of hydrogen-bond donors (Lipinski definition) is 0. The zero-order valence-corrected chi connectivity index (χ0v) is 10.0. The fraction of sp³-hybridized carbons (Fsp3) is 0.231. The average Bonchev–Trinajstić information content (AvgIpc) is 2.37. The van der Waals surface area contributed by atoms with Crippen LogP contribution in [0, 0.1) is 5.82 Å². The Morgan fingerprint density at radius 2 is 2.05 bits per heavy atom. The van der Waals surface area contributed by atoms with Gasteiger partial charge in [-0.15, -0.1) is 0 Å². The number of alkyl halides is 3. The summed E-state index contributed by atoms with van der Waals surface area (Å²) in [5, 5.41) is 0.379. The Balaban J connectivity index is 2.42. The van der Waals surface area contributed by atoms with Gasteiger partial charge in [-0.25, -0.2) is 4.39 Å². The van der Waals surface area contributed by atoms with Crippen LogP contribution in [0.3, 0.4) is 0 Å². The van der Waals surface area contributed by atoms with Gasteiger partial charge in [-0.05, 0) is 23.8 Å². The molecule has 0 spiro atoms. The molecule has 0 aliphatic carbocycles. The number of carbonyl (C=O) groups excluding carboxylic acids is 1. The second kappa shape index (κ2) is 5.44. The van der Waals surface area contributed by atoms with E-state index in [-0.39, 0.29) is 17.6 Å². The molecule has 2 rings (SSSR count). The lowest BCUT2D eigenvalue weighted by atomic mass is 9.99. The number of nitrogens with zero attached hydrogens (tertiary/aromatic N) is 1. The summed E-state index contributed by atoms with van der Waals surface area (Å²) >= 11 is 0. The number of hydrogen-bond acceptors (Lipinski definition) is 3. The number of carbonyl (C=O) groups is 1. The second-order valence-electron chi connectivity index (χ2n) is 4.13. The Kier molecular flexibility index (Phi) is 3.87. The van der Waals surface area contributed by atoms with Crippen molar-refractivity contribution in [2.24, 2.45) is 0 Å². The van der Waals surface area contributed by atoms with Gasteiger partial charge < -0.3 is 4.74 Å². The normalized spacial score (nSPS) is 13.2. The maximum absolute atomic E-state index is 13.0. The number of fused-ring (bicyclic) bond motifs is 1. The molecule has 1 heterocycles. The Labute approximate surface area is 111 Å². The molecular formula is C13H9F4NO2. The Morgan fingerprint density at radius 3 is 2.70 bits per heavy atom. The van der Waals surface area contributed by atoms with Gasteiger partial charge in [0.2, 0.25) is 0 Å². The predicted molar refractivity (Wildman–Crippen MR) is 62.5 cm³/mol. The first-order chi connectivity index (χ1) is 9.41. The lowest BCUT2D eigenvalue weighted by molar-refractivity contribution is -0.164. The Morgan fingerprint density at radius 1 is 1.30 bits per heavy atom. The van der Waals surface area contributed by atoms with Gasteiger partial charge in [0.25, 0.3) is 6.47 Å². The molecule has 106 valence electrons. The van der Waals surface area contributed by atoms with Crippen LogP contribution in [0.15, 0.2) is 30.5 Å². The number of halogens is 4. The number of pyridine rings is 1. The van der Waals surface area contributed by atoms with Crippen LogP contribution in [0.4, 0.5) is 17.6 Å². The average molecular weight is 287 g/mol. The zero-order chi connectivity index (χ0) is 14.8. The first-order valence-corrected chi connectivity index (χ1v) is 5.59. The summed E-state index contributed by atoms with van der Waals surface area (Å²) in [6, 6.07) is 4.87. The van der Waals surface area contributed by atoms with Gasteiger partial charge in [-0.1, -0.05) is 0 Å². The van der Waals surface area contributed by atoms with Gasteiger partial charge in [0.05, 0.1) is 5.52 Å². The molecule has 7 heteroatoms. The number of benzene rings is 1. The molecule has 0 N–H and O–H groups in total. The maximum atomic E-state index is 13.0. The van der Waals surface area contributed by atoms with Crippen LogP contribution < -0.4 is 0 Å². The van der Waals surface area contributed by atoms with Crippen LogP contribution in [0.25, 0.3) is 10.9 Å². The van der Waals surface area contributed by atoms with Gasteiger partial charge in [0.1, 0.15) is 18.3 Å². The first kappa shape index (κ1) is 14.2. The van der Waals surface area contributed by atoms with E-state index in [1.165, 1.54) is 12.1 Å². The molecule has 1 aromatic heterocycles. The summed E-state index contributed by atoms with van der Waals surface area (Å²) in [5.74, 6) is -2.48. The summed E-state index contributed by atoms with van der Waals surface area (Å²) in [5.41, 5.74) is 0.115. The molecular weight excluding hydrogens is 278 g/mol. The van der Waals surface area contributed by atoms with Crippen molar-refractivity contribution in [1.29, 1.82) is 0 Å². The lowest BCUT2D eigenvalue weighted by Crippen LogP contribution is -2.25. The molecule has 2 aromatic rings. The quantitative estimate of drug-likeness (QED) is 0.640. The van der Waals surface area contributed by atoms with Gasteiger partial charge >= 0.3 is 6.18 Å². The molecule has 0 radical (unpaired) electrons. The van der Waals surface area contributed by atoms with E-state index in [0.717, 1.165) is 18.3 Å². The van der Waals surface area contributed by atoms with Crippen LogP contribution in [0.2, 0.25) is 0 Å². The fourth-order valence-electron chi connectivity index (χ4n) is 1.82. The molecule has 0 saturated carbocycles.